The molecule has 0 aliphatic heterocycles. The zero-order chi connectivity index (χ0) is 63.5. The average molecular weight is 1220 g/mol. The van der Waals surface area contributed by atoms with Crippen molar-refractivity contribution in [2.75, 3.05) is 4.90 Å². The molecule has 9 heteroatoms. The molecule has 0 fully saturated rings. The summed E-state index contributed by atoms with van der Waals surface area (Å²) in [4.78, 5) is 2.03. The smallest absolute Gasteiger partial charge is 0.163 e. The number of hydrogen-bond acceptors (Lipinski definition) is 3. The zero-order valence-corrected chi connectivity index (χ0v) is 49.7. The summed E-state index contributed by atoms with van der Waals surface area (Å²) >= 11 is 0. The van der Waals surface area contributed by atoms with Crippen molar-refractivity contribution in [3.05, 3.63) is 389 Å². The van der Waals surface area contributed by atoms with Crippen LogP contribution < -0.4 is 14.4 Å². The van der Waals surface area contributed by atoms with Crippen LogP contribution in [0.5, 0.6) is 23.0 Å². The maximum absolute atomic E-state index is 17.5. The van der Waals surface area contributed by atoms with E-state index in [9.17, 15) is 0 Å². The monoisotopic (exact) mass is 1220 g/mol. The summed E-state index contributed by atoms with van der Waals surface area (Å²) in [6, 6.07) is 85.1. The maximum atomic E-state index is 17.5. The van der Waals surface area contributed by atoms with Gasteiger partial charge in [-0.15, -0.1) is 0 Å². The van der Waals surface area contributed by atoms with E-state index in [0.29, 0.717) is 108 Å². The molecule has 15 rings (SSSR count). The van der Waals surface area contributed by atoms with Crippen molar-refractivity contribution in [1.82, 2.24) is 0 Å². The van der Waals surface area contributed by atoms with Gasteiger partial charge in [0.15, 0.2) is 23.3 Å². The molecule has 13 aromatic rings. The van der Waals surface area contributed by atoms with Crippen LogP contribution in [0.2, 0.25) is 0 Å². The molecule has 2 unspecified atom stereocenters. The third-order valence-electron chi connectivity index (χ3n) is 18.1. The van der Waals surface area contributed by atoms with Crippen LogP contribution in [0.4, 0.5) is 43.4 Å². The molecule has 13 aromatic carbocycles. The Kier molecular flexibility index (Phi) is 14.5. The van der Waals surface area contributed by atoms with Gasteiger partial charge in [0, 0.05) is 40.3 Å². The van der Waals surface area contributed by atoms with Gasteiger partial charge in [0.2, 0.25) is 0 Å². The van der Waals surface area contributed by atoms with Crippen molar-refractivity contribution in [3.63, 3.8) is 0 Å². The van der Waals surface area contributed by atoms with Crippen molar-refractivity contribution in [2.45, 2.75) is 10.8 Å². The molecule has 93 heavy (non-hydrogen) atoms. The molecule has 0 saturated heterocycles. The molecule has 2 aliphatic carbocycles. The van der Waals surface area contributed by atoms with Gasteiger partial charge in [0.25, 0.3) is 0 Å². The normalized spacial score (nSPS) is 14.9. The SMILES string of the molecule is C=Cc1ccc(Oc2ccc(C3(c4cc(F)cc(F)c4F)c4ccccc4-c4ccc(N(c5cccc(-c6ccccc6-c6ccccc6)c5)c5ccc6c(c5)C(c5ccc(Oc7ccc(C=C)cc7)cc5)(c5cc(F)cc(F)c5F)c5ccccc5-6)cc43)cc2)cc1. The van der Waals surface area contributed by atoms with Crippen molar-refractivity contribution >= 4 is 29.2 Å². The number of nitrogens with zero attached hydrogens (tertiary/aromatic N) is 1. The van der Waals surface area contributed by atoms with Crippen LogP contribution in [0.1, 0.15) is 55.6 Å². The van der Waals surface area contributed by atoms with E-state index in [-0.39, 0.29) is 11.1 Å². The first-order valence-corrected chi connectivity index (χ1v) is 30.3. The van der Waals surface area contributed by atoms with Crippen molar-refractivity contribution in [3.8, 4) is 67.5 Å². The van der Waals surface area contributed by atoms with Gasteiger partial charge < -0.3 is 14.4 Å². The second-order valence-electron chi connectivity index (χ2n) is 23.1. The molecule has 0 spiro atoms. The molecule has 2 atom stereocenters. The van der Waals surface area contributed by atoms with Crippen molar-refractivity contribution in [2.24, 2.45) is 0 Å². The Hall–Kier alpha value is -11.7. The van der Waals surface area contributed by atoms with Gasteiger partial charge in [-0.05, 0) is 186 Å². The highest BCUT2D eigenvalue weighted by molar-refractivity contribution is 5.94. The van der Waals surface area contributed by atoms with Crippen molar-refractivity contribution in [1.29, 1.82) is 0 Å². The van der Waals surface area contributed by atoms with Crippen LogP contribution in [0.15, 0.2) is 298 Å². The number of anilines is 3. The molecular formula is C84H53F6NO2. The Bertz CT molecular complexity index is 4830. The number of fused-ring (bicyclic) bond motifs is 6. The van der Waals surface area contributed by atoms with E-state index in [2.05, 4.69) is 43.5 Å². The van der Waals surface area contributed by atoms with Gasteiger partial charge in [-0.3, -0.25) is 0 Å². The molecule has 3 nitrogen and oxygen atoms in total. The minimum atomic E-state index is -1.71. The lowest BCUT2D eigenvalue weighted by molar-refractivity contribution is 0.473. The highest BCUT2D eigenvalue weighted by Crippen LogP contribution is 2.61. The summed E-state index contributed by atoms with van der Waals surface area (Å²) < 4.78 is 113. The first-order chi connectivity index (χ1) is 45.4. The van der Waals surface area contributed by atoms with Gasteiger partial charge in [-0.1, -0.05) is 201 Å². The Morgan fingerprint density at radius 1 is 0.290 bits per heavy atom. The highest BCUT2D eigenvalue weighted by atomic mass is 19.2. The topological polar surface area (TPSA) is 21.7 Å². The fourth-order valence-corrected chi connectivity index (χ4v) is 14.0. The van der Waals surface area contributed by atoms with Gasteiger partial charge in [-0.2, -0.15) is 0 Å². The van der Waals surface area contributed by atoms with Crippen LogP contribution in [0.25, 0.3) is 56.7 Å². The van der Waals surface area contributed by atoms with Gasteiger partial charge in [0.05, 0.1) is 10.8 Å². The average Bonchev–Trinajstić information content (AvgIpc) is 1.57. The lowest BCUT2D eigenvalue weighted by Gasteiger charge is -2.36. The second kappa shape index (κ2) is 23.3. The number of rotatable bonds is 15. The summed E-state index contributed by atoms with van der Waals surface area (Å²) in [7, 11) is 0. The summed E-state index contributed by atoms with van der Waals surface area (Å²) in [5, 5.41) is 0. The van der Waals surface area contributed by atoms with E-state index < -0.39 is 45.7 Å². The quantitative estimate of drug-likeness (QED) is 0.0754. The lowest BCUT2D eigenvalue weighted by atomic mass is 9.67. The van der Waals surface area contributed by atoms with E-state index in [1.54, 1.807) is 60.7 Å². The van der Waals surface area contributed by atoms with E-state index in [1.165, 1.54) is 0 Å². The Morgan fingerprint density at radius 2 is 0.656 bits per heavy atom. The number of halogens is 6. The third kappa shape index (κ3) is 9.70. The van der Waals surface area contributed by atoms with Crippen LogP contribution in [0.3, 0.4) is 0 Å². The van der Waals surface area contributed by atoms with Crippen LogP contribution in [0, 0.1) is 34.9 Å². The minimum absolute atomic E-state index is 0.255. The number of hydrogen-bond donors (Lipinski definition) is 0. The molecule has 0 amide bonds. The molecule has 0 N–H and O–H groups in total. The van der Waals surface area contributed by atoms with Crippen molar-refractivity contribution < 1.29 is 35.8 Å². The maximum Gasteiger partial charge on any atom is 0.163 e. The third-order valence-corrected chi connectivity index (χ3v) is 18.1. The summed E-state index contributed by atoms with van der Waals surface area (Å²) in [6.07, 6.45) is 3.47. The lowest BCUT2D eigenvalue weighted by Crippen LogP contribution is -2.31. The number of ether oxygens (including phenoxy) is 2. The summed E-state index contributed by atoms with van der Waals surface area (Å²) in [6.45, 7) is 7.72. The minimum Gasteiger partial charge on any atom is -0.457 e. The fraction of sp³-hybridized carbons (Fsp3) is 0.0238. The molecule has 2 aliphatic rings. The predicted molar refractivity (Wildman–Crippen MR) is 360 cm³/mol. The largest absolute Gasteiger partial charge is 0.457 e. The summed E-state index contributed by atoms with van der Waals surface area (Å²) in [5.74, 6) is -5.08. The molecule has 0 saturated carbocycles. The highest BCUT2D eigenvalue weighted by Gasteiger charge is 2.51. The van der Waals surface area contributed by atoms with Crippen LogP contribution >= 0.6 is 0 Å². The van der Waals surface area contributed by atoms with E-state index in [4.69, 9.17) is 9.47 Å². The Labute approximate surface area is 534 Å². The molecule has 0 heterocycles. The van der Waals surface area contributed by atoms with Crippen LogP contribution in [-0.2, 0) is 10.8 Å². The predicted octanol–water partition coefficient (Wildman–Crippen LogP) is 22.9. The standard InChI is InChI=1S/C84H53F6NO2/c1-3-52-25-35-63(36-26-52)92-65-39-29-56(30-40-65)83(77-46-58(85)48-79(87)81(77)89)73-23-12-10-21-69(73)71-43-33-61(50-75(71)83)91(60-18-14-17-55(45-60)68-20-9-8-19-67(68)54-15-6-5-7-16-54)62-34-44-72-70-22-11-13-24-74(70)84(76(72)51-62,78-47-59(86)49-80(88)82(78)90)57-31-41-66(42-32-57)93-64-37-27-53(4-2)28-38-64/h3-51H,1-2H2. The van der Waals surface area contributed by atoms with E-state index in [0.717, 1.165) is 45.5 Å². The molecule has 448 valence electrons. The molecule has 0 bridgehead atoms. The first kappa shape index (κ1) is 57.7. The molecule has 0 aromatic heterocycles. The van der Waals surface area contributed by atoms with Gasteiger partial charge in [-0.25, -0.2) is 26.3 Å². The second-order valence-corrected chi connectivity index (χ2v) is 23.1. The fourth-order valence-electron chi connectivity index (χ4n) is 14.0. The zero-order valence-electron chi connectivity index (χ0n) is 49.7. The van der Waals surface area contributed by atoms with Gasteiger partial charge in [0.1, 0.15) is 34.6 Å². The van der Waals surface area contributed by atoms with Gasteiger partial charge >= 0.3 is 0 Å². The Morgan fingerprint density at radius 3 is 1.10 bits per heavy atom. The Balaban J connectivity index is 0.980. The van der Waals surface area contributed by atoms with E-state index in [1.807, 2.05) is 187 Å². The molecule has 0 radical (unpaired) electrons. The summed E-state index contributed by atoms with van der Waals surface area (Å²) in [5.41, 5.74) is 9.32. The van der Waals surface area contributed by atoms with Crippen LogP contribution in [-0.4, -0.2) is 0 Å². The van der Waals surface area contributed by atoms with E-state index >= 15 is 26.3 Å². The first-order valence-electron chi connectivity index (χ1n) is 30.3. The number of benzene rings is 13. The molecular weight excluding hydrogens is 1170 g/mol.